The van der Waals surface area contributed by atoms with Crippen LogP contribution in [-0.4, -0.2) is 6.54 Å². The molecule has 0 heterocycles. The van der Waals surface area contributed by atoms with E-state index in [4.69, 9.17) is 5.73 Å². The molecule has 0 saturated heterocycles. The zero-order chi connectivity index (χ0) is 12.3. The molecule has 1 saturated carbocycles. The zero-order valence-corrected chi connectivity index (χ0v) is 11.1. The van der Waals surface area contributed by atoms with E-state index in [0.29, 0.717) is 5.41 Å². The second-order valence-electron chi connectivity index (χ2n) is 5.55. The fourth-order valence-corrected chi connectivity index (χ4v) is 2.98. The number of hydrogen-bond acceptors (Lipinski definition) is 2. The van der Waals surface area contributed by atoms with E-state index in [0.717, 1.165) is 12.2 Å². The molecule has 0 atom stereocenters. The summed E-state index contributed by atoms with van der Waals surface area (Å²) in [4.78, 5) is 0. The average molecular weight is 232 g/mol. The molecule has 2 nitrogen and oxygen atoms in total. The Balaban J connectivity index is 2.01. The average Bonchev–Trinajstić information content (AvgIpc) is 2.74. The van der Waals surface area contributed by atoms with Crippen molar-refractivity contribution in [3.63, 3.8) is 0 Å². The van der Waals surface area contributed by atoms with Crippen LogP contribution in [0.5, 0.6) is 0 Å². The van der Waals surface area contributed by atoms with Crippen LogP contribution >= 0.6 is 0 Å². The summed E-state index contributed by atoms with van der Waals surface area (Å²) in [7, 11) is 0. The first-order valence-corrected chi connectivity index (χ1v) is 6.75. The van der Waals surface area contributed by atoms with Crippen molar-refractivity contribution < 1.29 is 0 Å². The van der Waals surface area contributed by atoms with Crippen LogP contribution in [0.25, 0.3) is 0 Å². The minimum absolute atomic E-state index is 0.526. The van der Waals surface area contributed by atoms with Gasteiger partial charge in [-0.05, 0) is 55.4 Å². The molecule has 0 spiro atoms. The molecule has 0 aromatic heterocycles. The van der Waals surface area contributed by atoms with Gasteiger partial charge in [0.2, 0.25) is 0 Å². The summed E-state index contributed by atoms with van der Waals surface area (Å²) < 4.78 is 0. The predicted molar refractivity (Wildman–Crippen MR) is 75.3 cm³/mol. The van der Waals surface area contributed by atoms with Gasteiger partial charge in [0.15, 0.2) is 0 Å². The maximum atomic E-state index is 5.87. The summed E-state index contributed by atoms with van der Waals surface area (Å²) in [5.74, 6) is 0. The Morgan fingerprint density at radius 2 is 1.94 bits per heavy atom. The van der Waals surface area contributed by atoms with Crippen LogP contribution in [0.2, 0.25) is 0 Å². The Bertz CT molecular complexity index is 358. The molecule has 0 unspecified atom stereocenters. The number of nitrogen functional groups attached to an aromatic ring is 1. The number of rotatable bonds is 4. The Morgan fingerprint density at radius 3 is 2.53 bits per heavy atom. The molecular weight excluding hydrogens is 208 g/mol. The van der Waals surface area contributed by atoms with Gasteiger partial charge in [0.05, 0.1) is 0 Å². The van der Waals surface area contributed by atoms with Crippen LogP contribution in [-0.2, 0) is 0 Å². The SMILES string of the molecule is CCC1(CNc2cc(C)cc(N)c2)CCCC1. The summed E-state index contributed by atoms with van der Waals surface area (Å²) in [5, 5.41) is 3.58. The topological polar surface area (TPSA) is 38.0 Å². The molecule has 1 aliphatic rings. The molecule has 1 fully saturated rings. The van der Waals surface area contributed by atoms with Crippen LogP contribution in [0.3, 0.4) is 0 Å². The first-order chi connectivity index (χ1) is 8.13. The van der Waals surface area contributed by atoms with Crippen LogP contribution < -0.4 is 11.1 Å². The first kappa shape index (κ1) is 12.3. The van der Waals surface area contributed by atoms with E-state index in [9.17, 15) is 0 Å². The minimum Gasteiger partial charge on any atom is -0.399 e. The minimum atomic E-state index is 0.526. The number of aryl methyl sites for hydroxylation is 1. The van der Waals surface area contributed by atoms with Crippen LogP contribution in [0, 0.1) is 12.3 Å². The summed E-state index contributed by atoms with van der Waals surface area (Å²) in [6, 6.07) is 6.22. The highest BCUT2D eigenvalue weighted by molar-refractivity contribution is 5.56. The monoisotopic (exact) mass is 232 g/mol. The molecule has 0 bridgehead atoms. The maximum Gasteiger partial charge on any atom is 0.0363 e. The number of hydrogen-bond donors (Lipinski definition) is 2. The Labute approximate surface area is 105 Å². The van der Waals surface area contributed by atoms with Gasteiger partial charge in [-0.25, -0.2) is 0 Å². The van der Waals surface area contributed by atoms with Crippen LogP contribution in [0.4, 0.5) is 11.4 Å². The van der Waals surface area contributed by atoms with Gasteiger partial charge < -0.3 is 11.1 Å². The van der Waals surface area contributed by atoms with Gasteiger partial charge in [-0.3, -0.25) is 0 Å². The lowest BCUT2D eigenvalue weighted by Gasteiger charge is -2.28. The van der Waals surface area contributed by atoms with Crippen LogP contribution in [0.1, 0.15) is 44.6 Å². The number of benzene rings is 1. The van der Waals surface area contributed by atoms with Crippen molar-refractivity contribution in [3.05, 3.63) is 23.8 Å². The summed E-state index contributed by atoms with van der Waals surface area (Å²) in [6.45, 7) is 5.50. The van der Waals surface area contributed by atoms with Gasteiger partial charge in [-0.1, -0.05) is 19.8 Å². The fraction of sp³-hybridized carbons (Fsp3) is 0.600. The molecule has 1 aromatic carbocycles. The molecule has 3 N–H and O–H groups in total. The highest BCUT2D eigenvalue weighted by atomic mass is 14.9. The molecule has 0 amide bonds. The van der Waals surface area contributed by atoms with Gasteiger partial charge >= 0.3 is 0 Å². The number of anilines is 2. The number of nitrogens with one attached hydrogen (secondary N) is 1. The summed E-state index contributed by atoms with van der Waals surface area (Å²) in [5.41, 5.74) is 9.64. The second-order valence-corrected chi connectivity index (χ2v) is 5.55. The van der Waals surface area contributed by atoms with Gasteiger partial charge in [0.1, 0.15) is 0 Å². The smallest absolute Gasteiger partial charge is 0.0363 e. The van der Waals surface area contributed by atoms with Crippen molar-refractivity contribution in [1.82, 2.24) is 0 Å². The van der Waals surface area contributed by atoms with Crippen molar-refractivity contribution >= 4 is 11.4 Å². The third-order valence-corrected chi connectivity index (χ3v) is 4.18. The van der Waals surface area contributed by atoms with E-state index < -0.39 is 0 Å². The lowest BCUT2D eigenvalue weighted by atomic mass is 9.83. The largest absolute Gasteiger partial charge is 0.399 e. The van der Waals surface area contributed by atoms with Gasteiger partial charge in [-0.2, -0.15) is 0 Å². The zero-order valence-electron chi connectivity index (χ0n) is 11.1. The van der Waals surface area contributed by atoms with E-state index in [1.807, 2.05) is 12.1 Å². The van der Waals surface area contributed by atoms with E-state index >= 15 is 0 Å². The molecule has 0 radical (unpaired) electrons. The van der Waals surface area contributed by atoms with Gasteiger partial charge in [-0.15, -0.1) is 0 Å². The van der Waals surface area contributed by atoms with Crippen molar-refractivity contribution in [1.29, 1.82) is 0 Å². The maximum absolute atomic E-state index is 5.87. The molecule has 94 valence electrons. The lowest BCUT2D eigenvalue weighted by molar-refractivity contribution is 0.307. The van der Waals surface area contributed by atoms with E-state index in [-0.39, 0.29) is 0 Å². The molecule has 0 aliphatic heterocycles. The molecule has 1 aliphatic carbocycles. The van der Waals surface area contributed by atoms with Crippen molar-refractivity contribution in [2.75, 3.05) is 17.6 Å². The van der Waals surface area contributed by atoms with Crippen LogP contribution in [0.15, 0.2) is 18.2 Å². The second kappa shape index (κ2) is 4.99. The summed E-state index contributed by atoms with van der Waals surface area (Å²) >= 11 is 0. The van der Waals surface area contributed by atoms with Gasteiger partial charge in [0, 0.05) is 17.9 Å². The first-order valence-electron chi connectivity index (χ1n) is 6.75. The van der Waals surface area contributed by atoms with Gasteiger partial charge in [0.25, 0.3) is 0 Å². The Morgan fingerprint density at radius 1 is 1.24 bits per heavy atom. The lowest BCUT2D eigenvalue weighted by Crippen LogP contribution is -2.25. The predicted octanol–water partition coefficient (Wildman–Crippen LogP) is 3.96. The summed E-state index contributed by atoms with van der Waals surface area (Å²) in [6.07, 6.45) is 6.81. The molecular formula is C15H24N2. The third-order valence-electron chi connectivity index (χ3n) is 4.18. The Hall–Kier alpha value is -1.18. The highest BCUT2D eigenvalue weighted by Crippen LogP contribution is 2.41. The molecule has 1 aromatic rings. The molecule has 17 heavy (non-hydrogen) atoms. The van der Waals surface area contributed by atoms with E-state index in [2.05, 4.69) is 25.2 Å². The van der Waals surface area contributed by atoms with E-state index in [1.165, 1.54) is 43.4 Å². The Kier molecular flexibility index (Phi) is 3.60. The van der Waals surface area contributed by atoms with Crippen molar-refractivity contribution in [2.24, 2.45) is 5.41 Å². The van der Waals surface area contributed by atoms with Crippen molar-refractivity contribution in [2.45, 2.75) is 46.0 Å². The van der Waals surface area contributed by atoms with Crippen molar-refractivity contribution in [3.8, 4) is 0 Å². The quantitative estimate of drug-likeness (QED) is 0.771. The van der Waals surface area contributed by atoms with E-state index in [1.54, 1.807) is 0 Å². The fourth-order valence-electron chi connectivity index (χ4n) is 2.98. The standard InChI is InChI=1S/C15H24N2/c1-3-15(6-4-5-7-15)11-17-14-9-12(2)8-13(16)10-14/h8-10,17H,3-7,11,16H2,1-2H3. The highest BCUT2D eigenvalue weighted by Gasteiger charge is 2.31. The molecule has 2 rings (SSSR count). The normalized spacial score (nSPS) is 18.2. The number of nitrogens with two attached hydrogens (primary N) is 1. The third kappa shape index (κ3) is 2.93. The molecule has 2 heteroatoms.